The van der Waals surface area contributed by atoms with Gasteiger partial charge in [-0.2, -0.15) is 0 Å². The Kier molecular flexibility index (Phi) is 8.68. The van der Waals surface area contributed by atoms with Gasteiger partial charge in [-0.1, -0.05) is 0 Å². The first kappa shape index (κ1) is 19.4. The summed E-state index contributed by atoms with van der Waals surface area (Å²) in [6.07, 6.45) is 3.73. The van der Waals surface area contributed by atoms with E-state index < -0.39 is 5.82 Å². The molecule has 0 radical (unpaired) electrons. The zero-order valence-corrected chi connectivity index (χ0v) is 12.7. The van der Waals surface area contributed by atoms with Crippen molar-refractivity contribution in [2.45, 2.75) is 19.2 Å². The molecule has 0 aromatic carbocycles. The van der Waals surface area contributed by atoms with Crippen molar-refractivity contribution in [2.75, 3.05) is 6.54 Å². The van der Waals surface area contributed by atoms with E-state index in [-0.39, 0.29) is 43.3 Å². The minimum Gasteiger partial charge on any atom is -0.474 e. The van der Waals surface area contributed by atoms with Gasteiger partial charge in [0.1, 0.15) is 17.9 Å². The number of nitrogens with two attached hydrogens (primary N) is 1. The number of amides is 1. The molecular formula is C12H17Cl2FN4O2. The second kappa shape index (κ2) is 9.38. The number of hydrogen-bond donors (Lipinski definition) is 2. The smallest absolute Gasteiger partial charge is 0.212 e. The largest absolute Gasteiger partial charge is 0.474 e. The Bertz CT molecular complexity index is 490. The molecular weight excluding hydrogens is 322 g/mol. The molecule has 1 amide bonds. The van der Waals surface area contributed by atoms with Crippen LogP contribution in [-0.2, 0) is 16.1 Å². The molecule has 2 rings (SSSR count). The van der Waals surface area contributed by atoms with Crippen LogP contribution in [0.15, 0.2) is 30.4 Å². The van der Waals surface area contributed by atoms with Crippen LogP contribution in [0.25, 0.3) is 0 Å². The highest BCUT2D eigenvalue weighted by atomic mass is 35.5. The number of rotatable bonds is 6. The van der Waals surface area contributed by atoms with Crippen LogP contribution in [0.4, 0.5) is 4.39 Å². The summed E-state index contributed by atoms with van der Waals surface area (Å²) in [6.45, 7) is 0.623. The summed E-state index contributed by atoms with van der Waals surface area (Å²) >= 11 is 0. The quantitative estimate of drug-likeness (QED) is 0.759. The fourth-order valence-electron chi connectivity index (χ4n) is 1.87. The molecule has 21 heavy (non-hydrogen) atoms. The highest BCUT2D eigenvalue weighted by molar-refractivity contribution is 5.85. The number of nitrogens with one attached hydrogen (secondary N) is 1. The molecule has 1 aliphatic rings. The molecule has 0 bridgehead atoms. The number of carbonyl (C=O) groups excluding carboxylic acids is 1. The molecule has 1 unspecified atom stereocenters. The number of hydrogen-bond acceptors (Lipinski definition) is 5. The summed E-state index contributed by atoms with van der Waals surface area (Å²) in [7, 11) is 0. The molecule has 0 spiro atoms. The van der Waals surface area contributed by atoms with Crippen molar-refractivity contribution >= 4 is 31.2 Å². The monoisotopic (exact) mass is 338 g/mol. The molecule has 9 heteroatoms. The maximum Gasteiger partial charge on any atom is 0.212 e. The molecule has 6 nitrogen and oxygen atoms in total. The SMILES string of the molecule is Cl.Cl.NCCC1OC=C(NC=O)N1Cc1ncccc1F. The first-order valence-corrected chi connectivity index (χ1v) is 5.88. The second-order valence-electron chi connectivity index (χ2n) is 3.99. The van der Waals surface area contributed by atoms with E-state index in [9.17, 15) is 9.18 Å². The van der Waals surface area contributed by atoms with Crippen molar-refractivity contribution in [3.8, 4) is 0 Å². The minimum atomic E-state index is -0.397. The molecule has 0 saturated carbocycles. The lowest BCUT2D eigenvalue weighted by atomic mass is 10.3. The maximum absolute atomic E-state index is 13.6. The van der Waals surface area contributed by atoms with E-state index in [1.54, 1.807) is 4.90 Å². The molecule has 2 heterocycles. The van der Waals surface area contributed by atoms with Crippen LogP contribution in [0.5, 0.6) is 0 Å². The fraction of sp³-hybridized carbons (Fsp3) is 0.333. The van der Waals surface area contributed by atoms with Gasteiger partial charge in [0.25, 0.3) is 0 Å². The summed E-state index contributed by atoms with van der Waals surface area (Å²) in [5.41, 5.74) is 5.79. The van der Waals surface area contributed by atoms with Gasteiger partial charge in [-0.3, -0.25) is 9.78 Å². The predicted molar refractivity (Wildman–Crippen MR) is 80.1 cm³/mol. The van der Waals surface area contributed by atoms with Crippen LogP contribution in [0.1, 0.15) is 12.1 Å². The lowest BCUT2D eigenvalue weighted by molar-refractivity contribution is -0.109. The van der Waals surface area contributed by atoms with Gasteiger partial charge in [-0.05, 0) is 18.7 Å². The number of carbonyl (C=O) groups is 1. The third-order valence-electron chi connectivity index (χ3n) is 2.77. The highest BCUT2D eigenvalue weighted by Crippen LogP contribution is 2.22. The van der Waals surface area contributed by atoms with Gasteiger partial charge in [0.15, 0.2) is 6.23 Å². The summed E-state index contributed by atoms with van der Waals surface area (Å²) < 4.78 is 19.0. The number of pyridine rings is 1. The van der Waals surface area contributed by atoms with Gasteiger partial charge < -0.3 is 20.7 Å². The van der Waals surface area contributed by atoms with Crippen molar-refractivity contribution in [3.63, 3.8) is 0 Å². The normalized spacial score (nSPS) is 16.2. The zero-order chi connectivity index (χ0) is 13.7. The van der Waals surface area contributed by atoms with Gasteiger partial charge in [-0.15, -0.1) is 24.8 Å². The zero-order valence-electron chi connectivity index (χ0n) is 11.1. The molecule has 3 N–H and O–H groups in total. The predicted octanol–water partition coefficient (Wildman–Crippen LogP) is 1.12. The van der Waals surface area contributed by atoms with E-state index in [1.807, 2.05) is 0 Å². The average molecular weight is 339 g/mol. The molecule has 0 saturated heterocycles. The summed E-state index contributed by atoms with van der Waals surface area (Å²) in [6, 6.07) is 2.87. The minimum absolute atomic E-state index is 0. The number of aromatic nitrogens is 1. The van der Waals surface area contributed by atoms with Crippen molar-refractivity contribution in [2.24, 2.45) is 5.73 Å². The van der Waals surface area contributed by atoms with Gasteiger partial charge in [0.2, 0.25) is 6.41 Å². The van der Waals surface area contributed by atoms with Gasteiger partial charge in [-0.25, -0.2) is 4.39 Å². The van der Waals surface area contributed by atoms with Crippen LogP contribution in [0.2, 0.25) is 0 Å². The van der Waals surface area contributed by atoms with E-state index in [2.05, 4.69) is 10.3 Å². The molecule has 0 aliphatic carbocycles. The second-order valence-corrected chi connectivity index (χ2v) is 3.99. The first-order valence-electron chi connectivity index (χ1n) is 5.88. The van der Waals surface area contributed by atoms with Gasteiger partial charge in [0.05, 0.1) is 12.2 Å². The lowest BCUT2D eigenvalue weighted by Crippen LogP contribution is -2.36. The Morgan fingerprint density at radius 3 is 2.90 bits per heavy atom. The molecule has 0 fully saturated rings. The Morgan fingerprint density at radius 1 is 1.52 bits per heavy atom. The Labute approximate surface area is 134 Å². The van der Waals surface area contributed by atoms with E-state index >= 15 is 0 Å². The van der Waals surface area contributed by atoms with Gasteiger partial charge in [0, 0.05) is 12.6 Å². The van der Waals surface area contributed by atoms with Crippen LogP contribution in [0.3, 0.4) is 0 Å². The van der Waals surface area contributed by atoms with Crippen LogP contribution in [-0.4, -0.2) is 29.1 Å². The molecule has 1 aromatic heterocycles. The molecule has 1 aromatic rings. The topological polar surface area (TPSA) is 80.5 Å². The highest BCUT2D eigenvalue weighted by Gasteiger charge is 2.28. The first-order chi connectivity index (χ1) is 9.26. The number of halogens is 3. The van der Waals surface area contributed by atoms with E-state index in [0.717, 1.165) is 0 Å². The third kappa shape index (κ3) is 4.73. The maximum atomic E-state index is 13.6. The fourth-order valence-corrected chi connectivity index (χ4v) is 1.87. The molecule has 118 valence electrons. The van der Waals surface area contributed by atoms with Crippen LogP contribution < -0.4 is 11.1 Å². The summed E-state index contributed by atoms with van der Waals surface area (Å²) in [5.74, 6) is 0.0739. The van der Waals surface area contributed by atoms with E-state index in [0.29, 0.717) is 25.2 Å². The Balaban J connectivity index is 0.00000200. The lowest BCUT2D eigenvalue weighted by Gasteiger charge is -2.26. The number of nitrogens with zero attached hydrogens (tertiary/aromatic N) is 2. The van der Waals surface area contributed by atoms with Crippen molar-refractivity contribution < 1.29 is 13.9 Å². The average Bonchev–Trinajstić information content (AvgIpc) is 2.76. The third-order valence-corrected chi connectivity index (χ3v) is 2.77. The van der Waals surface area contributed by atoms with Crippen molar-refractivity contribution in [3.05, 3.63) is 41.9 Å². The van der Waals surface area contributed by atoms with Crippen LogP contribution in [0, 0.1) is 5.82 Å². The Morgan fingerprint density at radius 2 is 2.29 bits per heavy atom. The van der Waals surface area contributed by atoms with Gasteiger partial charge >= 0.3 is 0 Å². The summed E-state index contributed by atoms with van der Waals surface area (Å²) in [5, 5.41) is 2.51. The Hall–Kier alpha value is -1.57. The van der Waals surface area contributed by atoms with Crippen LogP contribution >= 0.6 is 24.8 Å². The molecule has 1 atom stereocenters. The summed E-state index contributed by atoms with van der Waals surface area (Å²) in [4.78, 5) is 16.2. The van der Waals surface area contributed by atoms with E-state index in [1.165, 1.54) is 24.6 Å². The van der Waals surface area contributed by atoms with Crippen molar-refractivity contribution in [1.29, 1.82) is 0 Å². The number of ether oxygens (including phenoxy) is 1. The van der Waals surface area contributed by atoms with E-state index in [4.69, 9.17) is 10.5 Å². The standard InChI is InChI=1S/C12H15FN4O2.2ClH/c13-9-2-1-5-15-10(9)6-17-11(16-8-18)7-19-12(17)3-4-14;;/h1-2,5,7-8,12H,3-4,6,14H2,(H,16,18);2*1H. The molecule has 1 aliphatic heterocycles. The van der Waals surface area contributed by atoms with Crippen molar-refractivity contribution in [1.82, 2.24) is 15.2 Å².